The van der Waals surface area contributed by atoms with Crippen molar-refractivity contribution in [1.82, 2.24) is 0 Å². The van der Waals surface area contributed by atoms with E-state index in [1.54, 1.807) is 45.0 Å². The van der Waals surface area contributed by atoms with Crippen LogP contribution in [0.25, 0.3) is 0 Å². The second-order valence-electron chi connectivity index (χ2n) is 7.83. The summed E-state index contributed by atoms with van der Waals surface area (Å²) in [5.41, 5.74) is -0.00672. The van der Waals surface area contributed by atoms with E-state index in [0.29, 0.717) is 17.0 Å². The molecule has 1 unspecified atom stereocenters. The van der Waals surface area contributed by atoms with Crippen LogP contribution in [0.1, 0.15) is 37.5 Å². The summed E-state index contributed by atoms with van der Waals surface area (Å²) in [6.45, 7) is 4.73. The van der Waals surface area contributed by atoms with E-state index in [9.17, 15) is 22.8 Å². The maximum atomic E-state index is 12.6. The van der Waals surface area contributed by atoms with Crippen LogP contribution in [0.3, 0.4) is 0 Å². The van der Waals surface area contributed by atoms with Crippen molar-refractivity contribution in [2.75, 3.05) is 6.61 Å². The number of hydrogen-bond donors (Lipinski definition) is 0. The molecule has 0 radical (unpaired) electrons. The van der Waals surface area contributed by atoms with Gasteiger partial charge in [0, 0.05) is 0 Å². The lowest BCUT2D eigenvalue weighted by atomic mass is 9.96. The van der Waals surface area contributed by atoms with E-state index in [-0.39, 0.29) is 19.0 Å². The third kappa shape index (κ3) is 5.46. The van der Waals surface area contributed by atoms with E-state index >= 15 is 0 Å². The first-order valence-corrected chi connectivity index (χ1v) is 9.80. The van der Waals surface area contributed by atoms with Gasteiger partial charge in [0.25, 0.3) is 0 Å². The van der Waals surface area contributed by atoms with Crippen LogP contribution in [0.5, 0.6) is 5.75 Å². The molecule has 9 heteroatoms. The minimum absolute atomic E-state index is 0.0263. The van der Waals surface area contributed by atoms with Crippen molar-refractivity contribution in [3.8, 4) is 5.75 Å². The van der Waals surface area contributed by atoms with Crippen molar-refractivity contribution in [2.45, 2.75) is 39.2 Å². The van der Waals surface area contributed by atoms with Crippen molar-refractivity contribution >= 4 is 17.5 Å². The molecule has 0 N–H and O–H groups in total. The fourth-order valence-electron chi connectivity index (χ4n) is 3.06. The van der Waals surface area contributed by atoms with Gasteiger partial charge in [0.2, 0.25) is 0 Å². The summed E-state index contributed by atoms with van der Waals surface area (Å²) in [6, 6.07) is 11.5. The van der Waals surface area contributed by atoms with Crippen LogP contribution in [0, 0.1) is 5.92 Å². The van der Waals surface area contributed by atoms with Gasteiger partial charge in [-0.1, -0.05) is 17.3 Å². The van der Waals surface area contributed by atoms with Crippen LogP contribution in [-0.2, 0) is 31.9 Å². The van der Waals surface area contributed by atoms with Gasteiger partial charge in [-0.05, 0) is 68.3 Å². The number of ketones is 1. The SMILES string of the molecule is CC(=NOCc1ccc(C(F)(F)F)cc1)c1ccc(OCC2C(=O)OC(C)(C)C2=O)cc1. The molecule has 1 heterocycles. The number of ether oxygens (including phenoxy) is 2. The number of hydrogen-bond acceptors (Lipinski definition) is 6. The molecule has 32 heavy (non-hydrogen) atoms. The summed E-state index contributed by atoms with van der Waals surface area (Å²) in [5, 5.41) is 3.98. The lowest BCUT2D eigenvalue weighted by molar-refractivity contribution is -0.150. The summed E-state index contributed by atoms with van der Waals surface area (Å²) in [7, 11) is 0. The number of esters is 1. The number of cyclic esters (lactones) is 1. The van der Waals surface area contributed by atoms with E-state index < -0.39 is 29.2 Å². The molecule has 0 aliphatic carbocycles. The molecule has 0 bridgehead atoms. The largest absolute Gasteiger partial charge is 0.492 e. The lowest BCUT2D eigenvalue weighted by Crippen LogP contribution is -2.32. The standard InChI is InChI=1S/C23H22F3NO5/c1-14(27-31-12-15-4-8-17(9-5-15)23(24,25)26)16-6-10-18(11-7-16)30-13-19-20(28)22(2,3)32-21(19)29/h4-11,19H,12-13H2,1-3H3. The number of carbonyl (C=O) groups excluding carboxylic acids is 2. The third-order valence-corrected chi connectivity index (χ3v) is 4.95. The Balaban J connectivity index is 1.52. The Morgan fingerprint density at radius 3 is 2.22 bits per heavy atom. The first kappa shape index (κ1) is 23.3. The lowest BCUT2D eigenvalue weighted by Gasteiger charge is -2.13. The topological polar surface area (TPSA) is 74.2 Å². The normalized spacial score (nSPS) is 18.4. The molecule has 1 aliphatic rings. The van der Waals surface area contributed by atoms with E-state index in [1.807, 2.05) is 0 Å². The van der Waals surface area contributed by atoms with Crippen molar-refractivity contribution in [1.29, 1.82) is 0 Å². The molecule has 0 amide bonds. The van der Waals surface area contributed by atoms with Gasteiger partial charge < -0.3 is 14.3 Å². The van der Waals surface area contributed by atoms with Crippen molar-refractivity contribution in [3.63, 3.8) is 0 Å². The molecule has 1 fully saturated rings. The second-order valence-corrected chi connectivity index (χ2v) is 7.83. The van der Waals surface area contributed by atoms with Crippen LogP contribution in [-0.4, -0.2) is 29.7 Å². The number of oxime groups is 1. The fourth-order valence-corrected chi connectivity index (χ4v) is 3.06. The molecule has 0 saturated carbocycles. The van der Waals surface area contributed by atoms with E-state index in [1.165, 1.54) is 12.1 Å². The van der Waals surface area contributed by atoms with Crippen LogP contribution in [0.4, 0.5) is 13.2 Å². The monoisotopic (exact) mass is 449 g/mol. The van der Waals surface area contributed by atoms with E-state index in [2.05, 4.69) is 5.16 Å². The molecule has 2 aromatic carbocycles. The molecule has 0 aromatic heterocycles. The average molecular weight is 449 g/mol. The quantitative estimate of drug-likeness (QED) is 0.268. The maximum absolute atomic E-state index is 12.6. The number of rotatable bonds is 7. The van der Waals surface area contributed by atoms with E-state index in [0.717, 1.165) is 17.7 Å². The molecular formula is C23H22F3NO5. The Morgan fingerprint density at radius 2 is 1.69 bits per heavy atom. The van der Waals surface area contributed by atoms with Crippen molar-refractivity contribution < 1.29 is 37.1 Å². The Labute approximate surface area is 183 Å². The first-order chi connectivity index (χ1) is 15.0. The van der Waals surface area contributed by atoms with Crippen LogP contribution < -0.4 is 4.74 Å². The number of halogens is 3. The predicted molar refractivity (Wildman–Crippen MR) is 109 cm³/mol. The number of Topliss-reactive ketones (excluding diaryl/α,β-unsaturated/α-hetero) is 1. The maximum Gasteiger partial charge on any atom is 0.416 e. The highest BCUT2D eigenvalue weighted by molar-refractivity contribution is 6.08. The second kappa shape index (κ2) is 9.02. The highest BCUT2D eigenvalue weighted by atomic mass is 19.4. The third-order valence-electron chi connectivity index (χ3n) is 4.95. The molecule has 2 aromatic rings. The van der Waals surface area contributed by atoms with Crippen molar-refractivity contribution in [2.24, 2.45) is 11.1 Å². The van der Waals surface area contributed by atoms with Gasteiger partial charge in [0.05, 0.1) is 11.3 Å². The molecule has 0 spiro atoms. The Hall–Kier alpha value is -3.36. The Morgan fingerprint density at radius 1 is 1.06 bits per heavy atom. The highest BCUT2D eigenvalue weighted by Crippen LogP contribution is 2.29. The summed E-state index contributed by atoms with van der Waals surface area (Å²) in [6.07, 6.45) is -4.38. The fraction of sp³-hybridized carbons (Fsp3) is 0.348. The minimum Gasteiger partial charge on any atom is -0.492 e. The zero-order chi connectivity index (χ0) is 23.5. The Kier molecular flexibility index (Phi) is 6.57. The number of carbonyl (C=O) groups is 2. The first-order valence-electron chi connectivity index (χ1n) is 9.80. The summed E-state index contributed by atoms with van der Waals surface area (Å²) in [4.78, 5) is 29.2. The van der Waals surface area contributed by atoms with Crippen LogP contribution >= 0.6 is 0 Å². The molecule has 170 valence electrons. The van der Waals surface area contributed by atoms with Gasteiger partial charge in [-0.25, -0.2) is 0 Å². The molecule has 1 aliphatic heterocycles. The van der Waals surface area contributed by atoms with Gasteiger partial charge in [0.15, 0.2) is 17.3 Å². The van der Waals surface area contributed by atoms with E-state index in [4.69, 9.17) is 14.3 Å². The zero-order valence-corrected chi connectivity index (χ0v) is 17.7. The van der Waals surface area contributed by atoms with Crippen LogP contribution in [0.15, 0.2) is 53.7 Å². The smallest absolute Gasteiger partial charge is 0.416 e. The van der Waals surface area contributed by atoms with Gasteiger partial charge in [0.1, 0.15) is 19.0 Å². The molecular weight excluding hydrogens is 427 g/mol. The minimum atomic E-state index is -4.38. The highest BCUT2D eigenvalue weighted by Gasteiger charge is 2.49. The molecule has 3 rings (SSSR count). The van der Waals surface area contributed by atoms with Gasteiger partial charge in [-0.15, -0.1) is 0 Å². The average Bonchev–Trinajstić information content (AvgIpc) is 2.93. The summed E-state index contributed by atoms with van der Waals surface area (Å²) < 4.78 is 48.4. The van der Waals surface area contributed by atoms with Crippen LogP contribution in [0.2, 0.25) is 0 Å². The predicted octanol–water partition coefficient (Wildman–Crippen LogP) is 4.55. The summed E-state index contributed by atoms with van der Waals surface area (Å²) in [5.74, 6) is -1.39. The van der Waals surface area contributed by atoms with Gasteiger partial charge in [-0.2, -0.15) is 13.2 Å². The summed E-state index contributed by atoms with van der Waals surface area (Å²) >= 11 is 0. The molecule has 1 atom stereocenters. The number of alkyl halides is 3. The van der Waals surface area contributed by atoms with Crippen molar-refractivity contribution in [3.05, 3.63) is 65.2 Å². The molecule has 1 saturated heterocycles. The number of nitrogens with zero attached hydrogens (tertiary/aromatic N) is 1. The molecule has 6 nitrogen and oxygen atoms in total. The van der Waals surface area contributed by atoms with Gasteiger partial charge in [-0.3, -0.25) is 9.59 Å². The Bertz CT molecular complexity index is 1010. The zero-order valence-electron chi connectivity index (χ0n) is 17.7. The number of benzene rings is 2. The van der Waals surface area contributed by atoms with Gasteiger partial charge >= 0.3 is 12.1 Å².